The van der Waals surface area contributed by atoms with Gasteiger partial charge in [-0.3, -0.25) is 9.59 Å². The van der Waals surface area contributed by atoms with Crippen molar-refractivity contribution < 1.29 is 9.59 Å². The Morgan fingerprint density at radius 2 is 1.30 bits per heavy atom. The zero-order valence-corrected chi connectivity index (χ0v) is 18.3. The first kappa shape index (κ1) is 19.6. The molecule has 0 bridgehead atoms. The topological polar surface area (TPSA) is 49.7 Å². The third-order valence-corrected chi connectivity index (χ3v) is 6.94. The number of benzene rings is 3. The fourth-order valence-electron chi connectivity index (χ4n) is 4.53. The van der Waals surface area contributed by atoms with E-state index in [0.717, 1.165) is 21.8 Å². The fourth-order valence-corrected chi connectivity index (χ4v) is 5.36. The predicted molar refractivity (Wildman–Crippen MR) is 131 cm³/mol. The number of rotatable bonds is 3. The van der Waals surface area contributed by atoms with Crippen LogP contribution in [0.3, 0.4) is 0 Å². The first-order chi connectivity index (χ1) is 16.2. The highest BCUT2D eigenvalue weighted by atomic mass is 32.1. The molecular weight excluding hydrogens is 428 g/mol. The van der Waals surface area contributed by atoms with Gasteiger partial charge in [-0.15, -0.1) is 11.3 Å². The summed E-state index contributed by atoms with van der Waals surface area (Å²) in [6.45, 7) is 0. The molecular formula is C28H18N2O2S. The van der Waals surface area contributed by atoms with Crippen molar-refractivity contribution >= 4 is 34.3 Å². The molecule has 2 aliphatic rings. The van der Waals surface area contributed by atoms with Gasteiger partial charge >= 0.3 is 0 Å². The van der Waals surface area contributed by atoms with Gasteiger partial charge in [0.25, 0.3) is 0 Å². The lowest BCUT2D eigenvalue weighted by molar-refractivity contribution is 0.0986. The molecule has 3 aromatic carbocycles. The van der Waals surface area contributed by atoms with Crippen molar-refractivity contribution in [2.24, 2.45) is 5.10 Å². The van der Waals surface area contributed by atoms with Gasteiger partial charge in [-0.1, -0.05) is 78.9 Å². The number of ketones is 2. The van der Waals surface area contributed by atoms with Crippen LogP contribution < -0.4 is 5.01 Å². The SMILES string of the molecule is O=C1C(=C2[C@@H](c3cccs3)C(c3ccccc3)=NN2c2ccccc2)C(=O)c2ccccc21. The predicted octanol–water partition coefficient (Wildman–Crippen LogP) is 6.09. The van der Waals surface area contributed by atoms with Crippen LogP contribution in [0.5, 0.6) is 0 Å². The summed E-state index contributed by atoms with van der Waals surface area (Å²) in [6.07, 6.45) is 0. The minimum Gasteiger partial charge on any atom is -0.288 e. The normalized spacial score (nSPS) is 17.5. The average molecular weight is 447 g/mol. The first-order valence-corrected chi connectivity index (χ1v) is 11.6. The summed E-state index contributed by atoms with van der Waals surface area (Å²) in [5.74, 6) is -0.806. The third-order valence-electron chi connectivity index (χ3n) is 6.01. The van der Waals surface area contributed by atoms with Crippen molar-refractivity contribution in [3.8, 4) is 0 Å². The Kier molecular flexibility index (Phi) is 4.63. The van der Waals surface area contributed by atoms with Crippen molar-refractivity contribution in [2.45, 2.75) is 5.92 Å². The Bertz CT molecular complexity index is 1400. The standard InChI is InChI=1S/C28H18N2O2S/c31-27-20-14-7-8-15-21(20)28(32)24(27)26-23(22-16-9-17-33-22)25(18-10-3-1-4-11-18)29-30(26)19-12-5-2-6-13-19/h1-17,23H/t23-/m0/s1. The molecule has 33 heavy (non-hydrogen) atoms. The fraction of sp³-hybridized carbons (Fsp3) is 0.0357. The Labute approximate surface area is 195 Å². The number of para-hydroxylation sites is 1. The van der Waals surface area contributed by atoms with E-state index >= 15 is 0 Å². The molecule has 158 valence electrons. The van der Waals surface area contributed by atoms with Gasteiger partial charge in [0, 0.05) is 16.0 Å². The number of Topliss-reactive ketones (excluding diaryl/α,β-unsaturated/α-hetero) is 2. The zero-order chi connectivity index (χ0) is 22.4. The van der Waals surface area contributed by atoms with Crippen LogP contribution in [0.25, 0.3) is 0 Å². The van der Waals surface area contributed by atoms with Crippen molar-refractivity contribution in [3.63, 3.8) is 0 Å². The second-order valence-electron chi connectivity index (χ2n) is 7.91. The molecule has 0 saturated heterocycles. The zero-order valence-electron chi connectivity index (χ0n) is 17.5. The third kappa shape index (κ3) is 3.09. The van der Waals surface area contributed by atoms with Crippen molar-refractivity contribution in [3.05, 3.63) is 135 Å². The van der Waals surface area contributed by atoms with Crippen LogP contribution in [0.1, 0.15) is 37.1 Å². The van der Waals surface area contributed by atoms with E-state index < -0.39 is 0 Å². The molecule has 2 heterocycles. The summed E-state index contributed by atoms with van der Waals surface area (Å²) in [7, 11) is 0. The maximum Gasteiger partial charge on any atom is 0.199 e. The molecule has 4 nitrogen and oxygen atoms in total. The molecule has 6 rings (SSSR count). The number of hydrazone groups is 1. The van der Waals surface area contributed by atoms with Gasteiger partial charge in [-0.25, -0.2) is 5.01 Å². The minimum atomic E-state index is -0.329. The lowest BCUT2D eigenvalue weighted by atomic mass is 9.89. The van der Waals surface area contributed by atoms with Crippen LogP contribution in [0.4, 0.5) is 5.69 Å². The number of carbonyl (C=O) groups excluding carboxylic acids is 2. The average Bonchev–Trinajstić information content (AvgIpc) is 3.58. The number of thiophene rings is 1. The molecule has 1 aliphatic heterocycles. The van der Waals surface area contributed by atoms with Gasteiger partial charge in [0.1, 0.15) is 0 Å². The maximum absolute atomic E-state index is 13.6. The minimum absolute atomic E-state index is 0.202. The Hall–Kier alpha value is -4.09. The van der Waals surface area contributed by atoms with Crippen LogP contribution in [0, 0.1) is 0 Å². The summed E-state index contributed by atoms with van der Waals surface area (Å²) in [4.78, 5) is 28.2. The summed E-state index contributed by atoms with van der Waals surface area (Å²) >= 11 is 1.60. The second kappa shape index (κ2) is 7.80. The van der Waals surface area contributed by atoms with Crippen LogP contribution in [0.2, 0.25) is 0 Å². The van der Waals surface area contributed by atoms with E-state index in [1.807, 2.05) is 78.2 Å². The molecule has 0 fully saturated rings. The molecule has 1 atom stereocenters. The van der Waals surface area contributed by atoms with Gasteiger partial charge in [0.15, 0.2) is 11.6 Å². The lowest BCUT2D eigenvalue weighted by Crippen LogP contribution is -2.22. The molecule has 0 amide bonds. The van der Waals surface area contributed by atoms with Gasteiger partial charge in [0.05, 0.1) is 28.6 Å². The molecule has 1 aromatic heterocycles. The number of hydrogen-bond acceptors (Lipinski definition) is 5. The molecule has 0 spiro atoms. The van der Waals surface area contributed by atoms with E-state index in [0.29, 0.717) is 16.8 Å². The van der Waals surface area contributed by atoms with E-state index in [-0.39, 0.29) is 23.1 Å². The van der Waals surface area contributed by atoms with E-state index in [4.69, 9.17) is 5.10 Å². The van der Waals surface area contributed by atoms with E-state index in [1.54, 1.807) is 40.6 Å². The molecule has 5 heteroatoms. The van der Waals surface area contributed by atoms with Gasteiger partial charge in [0.2, 0.25) is 0 Å². The highest BCUT2D eigenvalue weighted by Gasteiger charge is 2.44. The molecule has 0 radical (unpaired) electrons. The summed E-state index contributed by atoms with van der Waals surface area (Å²) in [5, 5.41) is 8.81. The van der Waals surface area contributed by atoms with Crippen LogP contribution in [-0.4, -0.2) is 17.3 Å². The van der Waals surface area contributed by atoms with Crippen LogP contribution >= 0.6 is 11.3 Å². The van der Waals surface area contributed by atoms with Gasteiger partial charge < -0.3 is 0 Å². The highest BCUT2D eigenvalue weighted by Crippen LogP contribution is 2.45. The monoisotopic (exact) mass is 446 g/mol. The molecule has 0 saturated carbocycles. The Balaban J connectivity index is 1.65. The Morgan fingerprint density at radius 1 is 0.697 bits per heavy atom. The molecule has 0 unspecified atom stereocenters. The van der Waals surface area contributed by atoms with Crippen molar-refractivity contribution in [2.75, 3.05) is 5.01 Å². The first-order valence-electron chi connectivity index (χ1n) is 10.7. The summed E-state index contributed by atoms with van der Waals surface area (Å²) in [6, 6.07) is 30.7. The Morgan fingerprint density at radius 3 is 1.91 bits per heavy atom. The van der Waals surface area contributed by atoms with E-state index in [1.165, 1.54) is 0 Å². The number of anilines is 1. The van der Waals surface area contributed by atoms with Crippen LogP contribution in [0.15, 0.2) is 119 Å². The number of carbonyl (C=O) groups is 2. The molecule has 4 aromatic rings. The van der Waals surface area contributed by atoms with Gasteiger partial charge in [-0.2, -0.15) is 5.10 Å². The number of nitrogens with zero attached hydrogens (tertiary/aromatic N) is 2. The smallest absolute Gasteiger partial charge is 0.199 e. The van der Waals surface area contributed by atoms with Crippen molar-refractivity contribution in [1.29, 1.82) is 0 Å². The maximum atomic E-state index is 13.6. The molecule has 1 aliphatic carbocycles. The number of hydrogen-bond donors (Lipinski definition) is 0. The van der Waals surface area contributed by atoms with Crippen molar-refractivity contribution in [1.82, 2.24) is 0 Å². The number of fused-ring (bicyclic) bond motifs is 1. The van der Waals surface area contributed by atoms with Crippen LogP contribution in [-0.2, 0) is 0 Å². The highest BCUT2D eigenvalue weighted by molar-refractivity contribution is 7.10. The number of allylic oxidation sites excluding steroid dienone is 2. The van der Waals surface area contributed by atoms with Gasteiger partial charge in [-0.05, 0) is 29.1 Å². The molecule has 0 N–H and O–H groups in total. The summed E-state index contributed by atoms with van der Waals surface area (Å²) in [5.41, 5.74) is 4.32. The lowest BCUT2D eigenvalue weighted by Gasteiger charge is -2.22. The largest absolute Gasteiger partial charge is 0.288 e. The van der Waals surface area contributed by atoms with E-state index in [2.05, 4.69) is 0 Å². The summed E-state index contributed by atoms with van der Waals surface area (Å²) < 4.78 is 0. The second-order valence-corrected chi connectivity index (χ2v) is 8.89. The quantitative estimate of drug-likeness (QED) is 0.283. The van der Waals surface area contributed by atoms with E-state index in [9.17, 15) is 9.59 Å².